The van der Waals surface area contributed by atoms with Gasteiger partial charge >= 0.3 is 0 Å². The normalized spacial score (nSPS) is 10.7. The van der Waals surface area contributed by atoms with Crippen molar-refractivity contribution in [2.45, 2.75) is 19.8 Å². The maximum atomic E-state index is 12.3. The van der Waals surface area contributed by atoms with Crippen LogP contribution in [0, 0.1) is 0 Å². The molecule has 2 aromatic rings. The zero-order chi connectivity index (χ0) is 14.7. The first-order valence-corrected chi connectivity index (χ1v) is 6.50. The Morgan fingerprint density at radius 1 is 1.35 bits per heavy atom. The van der Waals surface area contributed by atoms with Gasteiger partial charge in [0.2, 0.25) is 0 Å². The number of nitrogens with zero attached hydrogens (tertiary/aromatic N) is 3. The average Bonchev–Trinajstić information content (AvgIpc) is 2.83. The van der Waals surface area contributed by atoms with E-state index in [9.17, 15) is 4.79 Å². The molecule has 1 amide bonds. The Morgan fingerprint density at radius 2 is 2.10 bits per heavy atom. The molecule has 0 unspecified atom stereocenters. The summed E-state index contributed by atoms with van der Waals surface area (Å²) < 4.78 is 1.61. The highest BCUT2D eigenvalue weighted by atomic mass is 16.1. The molecule has 106 valence electrons. The predicted octanol–water partition coefficient (Wildman–Crippen LogP) is 2.23. The number of hydrogen-bond acceptors (Lipinski definition) is 4. The lowest BCUT2D eigenvalue weighted by molar-refractivity contribution is 0.102. The van der Waals surface area contributed by atoms with Gasteiger partial charge in [-0.15, -0.1) is 0 Å². The highest BCUT2D eigenvalue weighted by molar-refractivity contribution is 6.04. The number of nitrogens with one attached hydrogen (secondary N) is 2. The summed E-state index contributed by atoms with van der Waals surface area (Å²) in [7, 11) is 3.57. The molecule has 0 atom stereocenters. The van der Waals surface area contributed by atoms with Crippen LogP contribution in [0.3, 0.4) is 0 Å². The predicted molar refractivity (Wildman–Crippen MR) is 79.0 cm³/mol. The standard InChI is InChI=1S/C14H19N5O/c1-9(2)11-7-10(8-12(15-3)17-11)14(20)18-13-5-6-16-19(13)4/h5-9H,1-4H3,(H,15,17)(H,18,20). The Morgan fingerprint density at radius 3 is 2.65 bits per heavy atom. The summed E-state index contributed by atoms with van der Waals surface area (Å²) in [6, 6.07) is 5.30. The molecule has 2 heterocycles. The van der Waals surface area contributed by atoms with Gasteiger partial charge in [0.1, 0.15) is 11.6 Å². The van der Waals surface area contributed by atoms with Gasteiger partial charge in [-0.05, 0) is 18.1 Å². The van der Waals surface area contributed by atoms with Crippen molar-refractivity contribution >= 4 is 17.5 Å². The largest absolute Gasteiger partial charge is 0.373 e. The van der Waals surface area contributed by atoms with Gasteiger partial charge < -0.3 is 10.6 Å². The molecule has 2 aromatic heterocycles. The van der Waals surface area contributed by atoms with Crippen LogP contribution in [0.25, 0.3) is 0 Å². The highest BCUT2D eigenvalue weighted by Gasteiger charge is 2.12. The van der Waals surface area contributed by atoms with Gasteiger partial charge in [-0.2, -0.15) is 5.10 Å². The fourth-order valence-corrected chi connectivity index (χ4v) is 1.79. The Labute approximate surface area is 118 Å². The van der Waals surface area contributed by atoms with Crippen LogP contribution in [-0.4, -0.2) is 27.7 Å². The molecule has 2 N–H and O–H groups in total. The fourth-order valence-electron chi connectivity index (χ4n) is 1.79. The molecule has 0 aliphatic heterocycles. The first-order valence-electron chi connectivity index (χ1n) is 6.50. The van der Waals surface area contributed by atoms with Crippen LogP contribution in [0.5, 0.6) is 0 Å². The van der Waals surface area contributed by atoms with Crippen molar-refractivity contribution in [3.05, 3.63) is 35.7 Å². The minimum atomic E-state index is -0.172. The van der Waals surface area contributed by atoms with E-state index in [1.807, 2.05) is 19.9 Å². The molecule has 2 rings (SSSR count). The van der Waals surface area contributed by atoms with E-state index in [0.717, 1.165) is 5.69 Å². The number of amides is 1. The summed E-state index contributed by atoms with van der Waals surface area (Å²) in [4.78, 5) is 16.7. The zero-order valence-corrected chi connectivity index (χ0v) is 12.1. The van der Waals surface area contributed by atoms with Crippen molar-refractivity contribution in [1.82, 2.24) is 14.8 Å². The average molecular weight is 273 g/mol. The van der Waals surface area contributed by atoms with E-state index in [-0.39, 0.29) is 11.8 Å². The SMILES string of the molecule is CNc1cc(C(=O)Nc2ccnn2C)cc(C(C)C)n1. The zero-order valence-electron chi connectivity index (χ0n) is 12.1. The molecular formula is C14H19N5O. The molecule has 0 saturated carbocycles. The van der Waals surface area contributed by atoms with Crippen LogP contribution >= 0.6 is 0 Å². The topological polar surface area (TPSA) is 71.8 Å². The van der Waals surface area contributed by atoms with Crippen LogP contribution in [0.2, 0.25) is 0 Å². The van der Waals surface area contributed by atoms with E-state index < -0.39 is 0 Å². The van der Waals surface area contributed by atoms with Crippen LogP contribution in [-0.2, 0) is 7.05 Å². The highest BCUT2D eigenvalue weighted by Crippen LogP contribution is 2.18. The minimum Gasteiger partial charge on any atom is -0.373 e. The quantitative estimate of drug-likeness (QED) is 0.896. The molecule has 6 heteroatoms. The van der Waals surface area contributed by atoms with Crippen molar-refractivity contribution in [2.24, 2.45) is 7.05 Å². The van der Waals surface area contributed by atoms with Gasteiger partial charge in [0.25, 0.3) is 5.91 Å². The molecule has 0 aliphatic carbocycles. The molecule has 0 saturated heterocycles. The van der Waals surface area contributed by atoms with E-state index in [0.29, 0.717) is 17.2 Å². The third kappa shape index (κ3) is 2.96. The first-order chi connectivity index (χ1) is 9.51. The number of aromatic nitrogens is 3. The Kier molecular flexibility index (Phi) is 4.02. The smallest absolute Gasteiger partial charge is 0.257 e. The molecule has 0 aromatic carbocycles. The second-order valence-electron chi connectivity index (χ2n) is 4.86. The van der Waals surface area contributed by atoms with Gasteiger partial charge in [0, 0.05) is 31.4 Å². The van der Waals surface area contributed by atoms with E-state index in [4.69, 9.17) is 0 Å². The van der Waals surface area contributed by atoms with Crippen molar-refractivity contribution in [3.63, 3.8) is 0 Å². The van der Waals surface area contributed by atoms with Crippen LogP contribution < -0.4 is 10.6 Å². The summed E-state index contributed by atoms with van der Waals surface area (Å²) in [5, 5.41) is 9.83. The van der Waals surface area contributed by atoms with Crippen molar-refractivity contribution in [2.75, 3.05) is 17.7 Å². The molecular weight excluding hydrogens is 254 g/mol. The Balaban J connectivity index is 2.29. The monoisotopic (exact) mass is 273 g/mol. The number of hydrogen-bond donors (Lipinski definition) is 2. The summed E-state index contributed by atoms with van der Waals surface area (Å²) in [5.41, 5.74) is 1.46. The fraction of sp³-hybridized carbons (Fsp3) is 0.357. The number of aryl methyl sites for hydroxylation is 1. The maximum Gasteiger partial charge on any atom is 0.257 e. The lowest BCUT2D eigenvalue weighted by Gasteiger charge is -2.11. The summed E-state index contributed by atoms with van der Waals surface area (Å²) in [6.07, 6.45) is 1.64. The Hall–Kier alpha value is -2.37. The number of pyridine rings is 1. The van der Waals surface area contributed by atoms with Crippen LogP contribution in [0.1, 0.15) is 35.8 Å². The van der Waals surface area contributed by atoms with Gasteiger partial charge in [0.15, 0.2) is 0 Å². The van der Waals surface area contributed by atoms with Crippen LogP contribution in [0.15, 0.2) is 24.4 Å². The molecule has 0 aliphatic rings. The molecule has 0 bridgehead atoms. The molecule has 0 fully saturated rings. The lowest BCUT2D eigenvalue weighted by Crippen LogP contribution is -2.16. The maximum absolute atomic E-state index is 12.3. The number of anilines is 2. The van der Waals surface area contributed by atoms with Gasteiger partial charge in [-0.3, -0.25) is 9.48 Å². The summed E-state index contributed by atoms with van der Waals surface area (Å²) in [6.45, 7) is 4.09. The van der Waals surface area contributed by atoms with Gasteiger partial charge in [0.05, 0.1) is 6.20 Å². The summed E-state index contributed by atoms with van der Waals surface area (Å²) in [5.74, 6) is 1.43. The van der Waals surface area contributed by atoms with E-state index in [2.05, 4.69) is 20.7 Å². The van der Waals surface area contributed by atoms with Crippen LogP contribution in [0.4, 0.5) is 11.6 Å². The number of carbonyl (C=O) groups excluding carboxylic acids is 1. The van der Waals surface area contributed by atoms with Gasteiger partial charge in [-0.25, -0.2) is 4.98 Å². The molecule has 6 nitrogen and oxygen atoms in total. The van der Waals surface area contributed by atoms with Gasteiger partial charge in [-0.1, -0.05) is 13.8 Å². The lowest BCUT2D eigenvalue weighted by atomic mass is 10.1. The Bertz CT molecular complexity index is 618. The minimum absolute atomic E-state index is 0.172. The third-order valence-corrected chi connectivity index (χ3v) is 3.02. The second kappa shape index (κ2) is 5.73. The van der Waals surface area contributed by atoms with Crippen molar-refractivity contribution in [1.29, 1.82) is 0 Å². The molecule has 20 heavy (non-hydrogen) atoms. The number of rotatable bonds is 4. The summed E-state index contributed by atoms with van der Waals surface area (Å²) >= 11 is 0. The molecule has 0 radical (unpaired) electrons. The van der Waals surface area contributed by atoms with Crippen molar-refractivity contribution < 1.29 is 4.79 Å². The third-order valence-electron chi connectivity index (χ3n) is 3.02. The van der Waals surface area contributed by atoms with E-state index in [1.165, 1.54) is 0 Å². The van der Waals surface area contributed by atoms with E-state index in [1.54, 1.807) is 37.1 Å². The first kappa shape index (κ1) is 14.0. The van der Waals surface area contributed by atoms with Crippen molar-refractivity contribution in [3.8, 4) is 0 Å². The number of carbonyl (C=O) groups is 1. The molecule has 0 spiro atoms. The van der Waals surface area contributed by atoms with E-state index >= 15 is 0 Å². The second-order valence-corrected chi connectivity index (χ2v) is 4.86.